The molecule has 2 aromatic rings. The van der Waals surface area contributed by atoms with Crippen LogP contribution in [0.15, 0.2) is 48.5 Å². The van der Waals surface area contributed by atoms with Crippen LogP contribution in [0.25, 0.3) is 0 Å². The molecule has 0 fully saturated rings. The topological polar surface area (TPSA) is 59.6 Å². The van der Waals surface area contributed by atoms with Gasteiger partial charge in [0, 0.05) is 18.3 Å². The van der Waals surface area contributed by atoms with Crippen LogP contribution in [0.3, 0.4) is 0 Å². The van der Waals surface area contributed by atoms with Gasteiger partial charge in [-0.25, -0.2) is 0 Å². The van der Waals surface area contributed by atoms with E-state index in [0.717, 1.165) is 29.2 Å². The van der Waals surface area contributed by atoms with E-state index in [9.17, 15) is 4.79 Å². The molecule has 0 saturated carbocycles. The van der Waals surface area contributed by atoms with E-state index in [0.29, 0.717) is 13.2 Å². The number of benzene rings is 2. The second kappa shape index (κ2) is 12.8. The van der Waals surface area contributed by atoms with Gasteiger partial charge < -0.3 is 20.1 Å². The fraction of sp³-hybridized carbons (Fsp3) is 0.458. The molecule has 0 aliphatic rings. The second-order valence-electron chi connectivity index (χ2n) is 7.40. The smallest absolute Gasteiger partial charge is 0.238 e. The summed E-state index contributed by atoms with van der Waals surface area (Å²) in [5.74, 6) is 1.56. The van der Waals surface area contributed by atoms with E-state index in [-0.39, 0.29) is 18.6 Å². The van der Waals surface area contributed by atoms with Crippen LogP contribution in [0, 0.1) is 0 Å². The molecule has 158 valence electrons. The molecular formula is C24H34N2O3. The molecule has 0 aliphatic heterocycles. The van der Waals surface area contributed by atoms with Crippen molar-refractivity contribution in [1.82, 2.24) is 5.32 Å². The highest BCUT2D eigenvalue weighted by Gasteiger charge is 2.04. The van der Waals surface area contributed by atoms with Gasteiger partial charge in [-0.3, -0.25) is 4.79 Å². The van der Waals surface area contributed by atoms with Crippen molar-refractivity contribution in [2.45, 2.75) is 59.1 Å². The van der Waals surface area contributed by atoms with Gasteiger partial charge in [0.2, 0.25) is 5.91 Å². The maximum atomic E-state index is 12.2. The average Bonchev–Trinajstić information content (AvgIpc) is 2.69. The van der Waals surface area contributed by atoms with E-state index in [1.807, 2.05) is 62.4 Å². The Balaban J connectivity index is 1.70. The zero-order valence-electron chi connectivity index (χ0n) is 17.9. The van der Waals surface area contributed by atoms with Crippen LogP contribution in [0.2, 0.25) is 0 Å². The summed E-state index contributed by atoms with van der Waals surface area (Å²) in [5.41, 5.74) is 1.85. The van der Waals surface area contributed by atoms with E-state index in [2.05, 4.69) is 17.6 Å². The van der Waals surface area contributed by atoms with Crippen molar-refractivity contribution in [2.75, 3.05) is 18.5 Å². The molecule has 0 radical (unpaired) electrons. The minimum atomic E-state index is -0.0788. The first-order chi connectivity index (χ1) is 14.1. The Kier molecular flexibility index (Phi) is 10.1. The molecule has 1 amide bonds. The molecule has 0 aliphatic carbocycles. The standard InChI is InChI=1S/C24H34N2O3/c1-4-5-6-7-15-28-23-10-8-9-21(16-23)26-24(27)18-25-17-20-11-13-22(14-12-20)29-19(2)3/h8-14,16,19,25H,4-7,15,17-18H2,1-3H3,(H,26,27). The highest BCUT2D eigenvalue weighted by molar-refractivity contribution is 5.92. The van der Waals surface area contributed by atoms with Gasteiger partial charge in [-0.15, -0.1) is 0 Å². The molecule has 0 heterocycles. The lowest BCUT2D eigenvalue weighted by Crippen LogP contribution is -2.27. The number of carbonyl (C=O) groups is 1. The number of hydrogen-bond donors (Lipinski definition) is 2. The highest BCUT2D eigenvalue weighted by atomic mass is 16.5. The van der Waals surface area contributed by atoms with Crippen LogP contribution in [0.1, 0.15) is 52.0 Å². The summed E-state index contributed by atoms with van der Waals surface area (Å²) in [4.78, 5) is 12.2. The number of carbonyl (C=O) groups excluding carboxylic acids is 1. The van der Waals surface area contributed by atoms with Gasteiger partial charge >= 0.3 is 0 Å². The summed E-state index contributed by atoms with van der Waals surface area (Å²) in [7, 11) is 0. The SMILES string of the molecule is CCCCCCOc1cccc(NC(=O)CNCc2ccc(OC(C)C)cc2)c1. The molecule has 2 N–H and O–H groups in total. The summed E-state index contributed by atoms with van der Waals surface area (Å²) in [6, 6.07) is 15.5. The third-order valence-electron chi connectivity index (χ3n) is 4.29. The largest absolute Gasteiger partial charge is 0.494 e. The number of hydrogen-bond acceptors (Lipinski definition) is 4. The van der Waals surface area contributed by atoms with E-state index in [4.69, 9.17) is 9.47 Å². The quantitative estimate of drug-likeness (QED) is 0.458. The Morgan fingerprint density at radius 3 is 2.52 bits per heavy atom. The Morgan fingerprint density at radius 2 is 1.79 bits per heavy atom. The van der Waals surface area contributed by atoms with Crippen molar-refractivity contribution in [3.8, 4) is 11.5 Å². The predicted molar refractivity (Wildman–Crippen MR) is 119 cm³/mol. The summed E-state index contributed by atoms with van der Waals surface area (Å²) in [6.07, 6.45) is 4.86. The Hall–Kier alpha value is -2.53. The van der Waals surface area contributed by atoms with Crippen molar-refractivity contribution in [3.05, 3.63) is 54.1 Å². The van der Waals surface area contributed by atoms with Crippen LogP contribution in [-0.2, 0) is 11.3 Å². The maximum Gasteiger partial charge on any atom is 0.238 e. The normalized spacial score (nSPS) is 10.8. The average molecular weight is 399 g/mol. The van der Waals surface area contributed by atoms with Gasteiger partial charge in [-0.1, -0.05) is 44.4 Å². The number of amides is 1. The van der Waals surface area contributed by atoms with Gasteiger partial charge in [0.25, 0.3) is 0 Å². The first-order valence-corrected chi connectivity index (χ1v) is 10.6. The monoisotopic (exact) mass is 398 g/mol. The van der Waals surface area contributed by atoms with Gasteiger partial charge in [0.15, 0.2) is 0 Å². The Labute approximate surface area is 174 Å². The number of rotatable bonds is 13. The van der Waals surface area contributed by atoms with E-state index < -0.39 is 0 Å². The zero-order valence-corrected chi connectivity index (χ0v) is 17.9. The minimum absolute atomic E-state index is 0.0788. The van der Waals surface area contributed by atoms with Gasteiger partial charge in [0.1, 0.15) is 11.5 Å². The molecular weight excluding hydrogens is 364 g/mol. The predicted octanol–water partition coefficient (Wildman–Crippen LogP) is 5.16. The summed E-state index contributed by atoms with van der Waals surface area (Å²) < 4.78 is 11.4. The molecule has 5 heteroatoms. The summed E-state index contributed by atoms with van der Waals surface area (Å²) >= 11 is 0. The lowest BCUT2D eigenvalue weighted by atomic mass is 10.2. The third-order valence-corrected chi connectivity index (χ3v) is 4.29. The molecule has 0 atom stereocenters. The Bertz CT molecular complexity index is 729. The summed E-state index contributed by atoms with van der Waals surface area (Å²) in [5, 5.41) is 6.07. The van der Waals surface area contributed by atoms with Crippen molar-refractivity contribution >= 4 is 11.6 Å². The molecule has 29 heavy (non-hydrogen) atoms. The summed E-state index contributed by atoms with van der Waals surface area (Å²) in [6.45, 7) is 7.77. The van der Waals surface area contributed by atoms with Crippen molar-refractivity contribution < 1.29 is 14.3 Å². The van der Waals surface area contributed by atoms with Crippen LogP contribution in [0.4, 0.5) is 5.69 Å². The molecule has 5 nitrogen and oxygen atoms in total. The highest BCUT2D eigenvalue weighted by Crippen LogP contribution is 2.18. The van der Waals surface area contributed by atoms with Crippen molar-refractivity contribution in [3.63, 3.8) is 0 Å². The number of nitrogens with one attached hydrogen (secondary N) is 2. The number of anilines is 1. The molecule has 0 unspecified atom stereocenters. The fourth-order valence-electron chi connectivity index (χ4n) is 2.87. The van der Waals surface area contributed by atoms with Gasteiger partial charge in [-0.2, -0.15) is 0 Å². The molecule has 2 aromatic carbocycles. The van der Waals surface area contributed by atoms with Gasteiger partial charge in [-0.05, 0) is 50.1 Å². The van der Waals surface area contributed by atoms with Crippen LogP contribution in [-0.4, -0.2) is 25.2 Å². The number of ether oxygens (including phenoxy) is 2. The van der Waals surface area contributed by atoms with Gasteiger partial charge in [0.05, 0.1) is 19.3 Å². The third kappa shape index (κ3) is 9.48. The van der Waals surface area contributed by atoms with E-state index in [1.54, 1.807) is 0 Å². The lowest BCUT2D eigenvalue weighted by molar-refractivity contribution is -0.115. The Morgan fingerprint density at radius 1 is 1.00 bits per heavy atom. The van der Waals surface area contributed by atoms with E-state index >= 15 is 0 Å². The molecule has 0 spiro atoms. The molecule has 2 rings (SSSR count). The molecule has 0 saturated heterocycles. The lowest BCUT2D eigenvalue weighted by Gasteiger charge is -2.11. The first kappa shape index (κ1) is 22.8. The van der Waals surface area contributed by atoms with Crippen molar-refractivity contribution in [2.24, 2.45) is 0 Å². The fourth-order valence-corrected chi connectivity index (χ4v) is 2.87. The zero-order chi connectivity index (χ0) is 20.9. The van der Waals surface area contributed by atoms with Crippen LogP contribution < -0.4 is 20.1 Å². The first-order valence-electron chi connectivity index (χ1n) is 10.6. The van der Waals surface area contributed by atoms with Crippen LogP contribution >= 0.6 is 0 Å². The minimum Gasteiger partial charge on any atom is -0.494 e. The second-order valence-corrected chi connectivity index (χ2v) is 7.40. The van der Waals surface area contributed by atoms with E-state index in [1.165, 1.54) is 19.3 Å². The van der Waals surface area contributed by atoms with Crippen LogP contribution in [0.5, 0.6) is 11.5 Å². The maximum absolute atomic E-state index is 12.2. The molecule has 0 aromatic heterocycles. The van der Waals surface area contributed by atoms with Crippen molar-refractivity contribution in [1.29, 1.82) is 0 Å². The number of unbranched alkanes of at least 4 members (excludes halogenated alkanes) is 3. The molecule has 0 bridgehead atoms.